The number of nitrogens with two attached hydrogens (primary N) is 1. The molecule has 0 bridgehead atoms. The van der Waals surface area contributed by atoms with Gasteiger partial charge in [-0.1, -0.05) is 0 Å². The average Bonchev–Trinajstić information content (AvgIpc) is 2.42. The van der Waals surface area contributed by atoms with Crippen molar-refractivity contribution in [2.75, 3.05) is 31.2 Å². The Morgan fingerprint density at radius 1 is 1.58 bits per heavy atom. The quantitative estimate of drug-likeness (QED) is 0.881. The van der Waals surface area contributed by atoms with E-state index in [0.717, 1.165) is 0 Å². The highest BCUT2D eigenvalue weighted by molar-refractivity contribution is 5.95. The van der Waals surface area contributed by atoms with Crippen LogP contribution in [0, 0.1) is 5.82 Å². The van der Waals surface area contributed by atoms with Crippen molar-refractivity contribution >= 4 is 11.6 Å². The van der Waals surface area contributed by atoms with Crippen molar-refractivity contribution in [1.82, 2.24) is 0 Å². The van der Waals surface area contributed by atoms with Gasteiger partial charge in [0, 0.05) is 18.3 Å². The van der Waals surface area contributed by atoms with E-state index in [9.17, 15) is 9.18 Å². The van der Waals surface area contributed by atoms with Crippen LogP contribution in [0.15, 0.2) is 18.2 Å². The van der Waals surface area contributed by atoms with Gasteiger partial charge < -0.3 is 20.1 Å². The summed E-state index contributed by atoms with van der Waals surface area (Å²) in [7, 11) is 0. The minimum Gasteiger partial charge on any atom is -0.491 e. The number of benzene rings is 1. The summed E-state index contributed by atoms with van der Waals surface area (Å²) in [6.45, 7) is 2.80. The third-order valence-corrected chi connectivity index (χ3v) is 2.92. The van der Waals surface area contributed by atoms with E-state index in [-0.39, 0.29) is 24.4 Å². The third-order valence-electron chi connectivity index (χ3n) is 2.92. The predicted octanol–water partition coefficient (Wildman–Crippen LogP) is 0.915. The van der Waals surface area contributed by atoms with Gasteiger partial charge >= 0.3 is 0 Å². The largest absolute Gasteiger partial charge is 0.491 e. The second-order valence-corrected chi connectivity index (χ2v) is 4.22. The van der Waals surface area contributed by atoms with E-state index in [4.69, 9.17) is 15.2 Å². The Kier molecular flexibility index (Phi) is 4.34. The smallest absolute Gasteiger partial charge is 0.253 e. The summed E-state index contributed by atoms with van der Waals surface area (Å²) in [5.41, 5.74) is 6.02. The van der Waals surface area contributed by atoms with Gasteiger partial charge in [0.1, 0.15) is 6.61 Å². The summed E-state index contributed by atoms with van der Waals surface area (Å²) < 4.78 is 24.2. The lowest BCUT2D eigenvalue weighted by Gasteiger charge is -2.32. The minimum atomic E-state index is -0.483. The van der Waals surface area contributed by atoms with Gasteiger partial charge in [-0.2, -0.15) is 0 Å². The highest BCUT2D eigenvalue weighted by atomic mass is 19.1. The van der Waals surface area contributed by atoms with Crippen LogP contribution in [0.4, 0.5) is 10.1 Å². The fourth-order valence-corrected chi connectivity index (χ4v) is 1.95. The van der Waals surface area contributed by atoms with Crippen LogP contribution >= 0.6 is 0 Å². The van der Waals surface area contributed by atoms with E-state index >= 15 is 0 Å². The van der Waals surface area contributed by atoms with Gasteiger partial charge in [0.15, 0.2) is 11.6 Å². The number of carbonyl (C=O) groups excluding carboxylic acids is 1. The summed E-state index contributed by atoms with van der Waals surface area (Å²) in [6, 6.07) is 4.47. The fraction of sp³-hybridized carbons (Fsp3) is 0.462. The first-order chi connectivity index (χ1) is 9.15. The number of ether oxygens (including phenoxy) is 2. The van der Waals surface area contributed by atoms with Crippen molar-refractivity contribution in [2.45, 2.75) is 13.0 Å². The van der Waals surface area contributed by atoms with Crippen LogP contribution in [0.2, 0.25) is 0 Å². The Balaban J connectivity index is 2.20. The first-order valence-electron chi connectivity index (χ1n) is 6.20. The first-order valence-corrected chi connectivity index (χ1v) is 6.20. The molecule has 1 amide bonds. The number of anilines is 1. The molecular weight excluding hydrogens is 251 g/mol. The number of hydrogen-bond acceptors (Lipinski definition) is 4. The van der Waals surface area contributed by atoms with Crippen LogP contribution in [0.3, 0.4) is 0 Å². The second-order valence-electron chi connectivity index (χ2n) is 4.22. The third kappa shape index (κ3) is 3.02. The molecule has 1 aromatic carbocycles. The van der Waals surface area contributed by atoms with Crippen LogP contribution in [0.25, 0.3) is 0 Å². The lowest BCUT2D eigenvalue weighted by Crippen LogP contribution is -2.49. The molecule has 1 unspecified atom stereocenters. The summed E-state index contributed by atoms with van der Waals surface area (Å²) >= 11 is 0. The van der Waals surface area contributed by atoms with Gasteiger partial charge in [-0.15, -0.1) is 0 Å². The van der Waals surface area contributed by atoms with Crippen LogP contribution in [-0.4, -0.2) is 38.3 Å². The van der Waals surface area contributed by atoms with Crippen molar-refractivity contribution in [1.29, 1.82) is 0 Å². The molecule has 0 spiro atoms. The van der Waals surface area contributed by atoms with Crippen LogP contribution in [-0.2, 0) is 9.53 Å². The van der Waals surface area contributed by atoms with E-state index < -0.39 is 5.82 Å². The van der Waals surface area contributed by atoms with Gasteiger partial charge in [-0.05, 0) is 19.1 Å². The molecule has 0 aromatic heterocycles. The Labute approximate surface area is 111 Å². The Morgan fingerprint density at radius 2 is 2.37 bits per heavy atom. The number of morpholine rings is 1. The SMILES string of the molecule is CCOc1ccc(N2CC(CN)OCC2=O)cc1F. The summed E-state index contributed by atoms with van der Waals surface area (Å²) in [4.78, 5) is 13.3. The van der Waals surface area contributed by atoms with Crippen LogP contribution in [0.5, 0.6) is 5.75 Å². The monoisotopic (exact) mass is 268 g/mol. The summed E-state index contributed by atoms with van der Waals surface area (Å²) in [5.74, 6) is -0.501. The zero-order valence-electron chi connectivity index (χ0n) is 10.8. The Hall–Kier alpha value is -1.66. The molecule has 0 aliphatic carbocycles. The van der Waals surface area contributed by atoms with Gasteiger partial charge in [-0.25, -0.2) is 4.39 Å². The topological polar surface area (TPSA) is 64.8 Å². The second kappa shape index (κ2) is 5.99. The molecule has 1 aliphatic heterocycles. The van der Waals surface area contributed by atoms with Gasteiger partial charge in [0.25, 0.3) is 5.91 Å². The minimum absolute atomic E-state index is 0.0311. The van der Waals surface area contributed by atoms with Crippen LogP contribution in [0.1, 0.15) is 6.92 Å². The first kappa shape index (κ1) is 13.8. The number of rotatable bonds is 4. The molecule has 1 heterocycles. The van der Waals surface area contributed by atoms with E-state index in [0.29, 0.717) is 25.4 Å². The molecule has 1 fully saturated rings. The standard InChI is InChI=1S/C13H17FN2O3/c1-2-18-12-4-3-9(5-11(12)14)16-7-10(6-15)19-8-13(16)17/h3-5,10H,2,6-8,15H2,1H3. The van der Waals surface area contributed by atoms with Crippen LogP contribution < -0.4 is 15.4 Å². The Morgan fingerprint density at radius 3 is 3.00 bits per heavy atom. The highest BCUT2D eigenvalue weighted by Crippen LogP contribution is 2.25. The van der Waals surface area contributed by atoms with Gasteiger partial charge in [0.2, 0.25) is 0 Å². The highest BCUT2D eigenvalue weighted by Gasteiger charge is 2.27. The molecule has 19 heavy (non-hydrogen) atoms. The maximum atomic E-state index is 13.8. The molecule has 1 saturated heterocycles. The molecule has 1 aliphatic rings. The molecule has 2 N–H and O–H groups in total. The predicted molar refractivity (Wildman–Crippen MR) is 68.7 cm³/mol. The molecular formula is C13H17FN2O3. The van der Waals surface area contributed by atoms with E-state index in [1.807, 2.05) is 0 Å². The fourth-order valence-electron chi connectivity index (χ4n) is 1.95. The number of halogens is 1. The zero-order chi connectivity index (χ0) is 13.8. The molecule has 5 nitrogen and oxygen atoms in total. The molecule has 2 rings (SSSR count). The van der Waals surface area contributed by atoms with E-state index in [2.05, 4.69) is 0 Å². The molecule has 1 atom stereocenters. The maximum absolute atomic E-state index is 13.8. The summed E-state index contributed by atoms with van der Waals surface area (Å²) in [5, 5.41) is 0. The number of nitrogens with zero attached hydrogens (tertiary/aromatic N) is 1. The number of amides is 1. The zero-order valence-corrected chi connectivity index (χ0v) is 10.8. The van der Waals surface area contributed by atoms with Crippen molar-refractivity contribution in [3.05, 3.63) is 24.0 Å². The molecule has 1 aromatic rings. The normalized spacial score (nSPS) is 19.6. The Bertz CT molecular complexity index is 467. The lowest BCUT2D eigenvalue weighted by atomic mass is 10.2. The molecule has 0 saturated carbocycles. The lowest BCUT2D eigenvalue weighted by molar-refractivity contribution is -0.128. The van der Waals surface area contributed by atoms with E-state index in [1.165, 1.54) is 17.0 Å². The van der Waals surface area contributed by atoms with Crippen molar-refractivity contribution in [3.63, 3.8) is 0 Å². The summed E-state index contributed by atoms with van der Waals surface area (Å²) in [6.07, 6.45) is -0.215. The maximum Gasteiger partial charge on any atom is 0.253 e. The number of hydrogen-bond donors (Lipinski definition) is 1. The van der Waals surface area contributed by atoms with Crippen molar-refractivity contribution in [3.8, 4) is 5.75 Å². The van der Waals surface area contributed by atoms with Gasteiger partial charge in [0.05, 0.1) is 19.3 Å². The average molecular weight is 268 g/mol. The molecule has 6 heteroatoms. The molecule has 0 radical (unpaired) electrons. The van der Waals surface area contributed by atoms with Crippen molar-refractivity contribution < 1.29 is 18.7 Å². The number of carbonyl (C=O) groups is 1. The van der Waals surface area contributed by atoms with E-state index in [1.54, 1.807) is 13.0 Å². The molecule has 104 valence electrons. The van der Waals surface area contributed by atoms with Gasteiger partial charge in [-0.3, -0.25) is 4.79 Å². The van der Waals surface area contributed by atoms with Crippen molar-refractivity contribution in [2.24, 2.45) is 5.73 Å².